The lowest BCUT2D eigenvalue weighted by Gasteiger charge is -2.27. The zero-order valence-electron chi connectivity index (χ0n) is 12.7. The van der Waals surface area contributed by atoms with Crippen LogP contribution in [0.5, 0.6) is 0 Å². The second kappa shape index (κ2) is 7.38. The molecule has 1 aromatic rings. The van der Waals surface area contributed by atoms with E-state index >= 15 is 0 Å². The van der Waals surface area contributed by atoms with Crippen LogP contribution in [0.15, 0.2) is 35.9 Å². The van der Waals surface area contributed by atoms with Gasteiger partial charge in [-0.15, -0.1) is 0 Å². The summed E-state index contributed by atoms with van der Waals surface area (Å²) >= 11 is 0. The summed E-state index contributed by atoms with van der Waals surface area (Å²) in [7, 11) is 0. The van der Waals surface area contributed by atoms with Gasteiger partial charge in [-0.3, -0.25) is 4.90 Å². The Kier molecular flexibility index (Phi) is 5.53. The molecule has 4 heteroatoms. The molecule has 1 unspecified atom stereocenters. The van der Waals surface area contributed by atoms with E-state index in [0.29, 0.717) is 26.1 Å². The van der Waals surface area contributed by atoms with Crippen molar-refractivity contribution in [2.45, 2.75) is 26.4 Å². The van der Waals surface area contributed by atoms with Gasteiger partial charge < -0.3 is 9.84 Å². The fraction of sp³-hybridized carbons (Fsp3) is 0.471. The molecule has 114 valence electrons. The highest BCUT2D eigenvalue weighted by molar-refractivity contribution is 5.88. The number of benzene rings is 1. The van der Waals surface area contributed by atoms with Crippen LogP contribution in [0.4, 0.5) is 0 Å². The molecule has 0 bridgehead atoms. The summed E-state index contributed by atoms with van der Waals surface area (Å²) in [5.41, 5.74) is 2.87. The molecule has 1 aromatic carbocycles. The number of β-amino-alcohol motifs (C(OH)–C–C–N with tert-alkyl or cyclic N) is 1. The van der Waals surface area contributed by atoms with E-state index in [1.54, 1.807) is 0 Å². The Morgan fingerprint density at radius 1 is 1.38 bits per heavy atom. The molecule has 1 aliphatic rings. The summed E-state index contributed by atoms with van der Waals surface area (Å²) in [6.07, 6.45) is 2.09. The molecular weight excluding hydrogens is 266 g/mol. The van der Waals surface area contributed by atoms with Gasteiger partial charge in [0.05, 0.1) is 12.7 Å². The second-order valence-corrected chi connectivity index (χ2v) is 5.39. The van der Waals surface area contributed by atoms with Gasteiger partial charge in [0.1, 0.15) is 0 Å². The van der Waals surface area contributed by atoms with Crippen molar-refractivity contribution in [1.29, 1.82) is 0 Å². The van der Waals surface area contributed by atoms with E-state index in [1.165, 1.54) is 5.56 Å². The van der Waals surface area contributed by atoms with E-state index in [2.05, 4.69) is 4.90 Å². The van der Waals surface area contributed by atoms with Crippen LogP contribution < -0.4 is 0 Å². The standard InChI is InChI=1S/C17H23NO3/c1-3-21-17(20)15-8-10-18(11-9-15)12-16(19)14-6-4-13(2)5-7-14/h4-8,16,19H,3,9-12H2,1-2H3. The quantitative estimate of drug-likeness (QED) is 0.845. The predicted molar refractivity (Wildman–Crippen MR) is 81.9 cm³/mol. The minimum Gasteiger partial charge on any atom is -0.463 e. The van der Waals surface area contributed by atoms with E-state index in [0.717, 1.165) is 17.7 Å². The molecule has 1 N–H and O–H groups in total. The molecular formula is C17H23NO3. The van der Waals surface area contributed by atoms with E-state index < -0.39 is 6.10 Å². The smallest absolute Gasteiger partial charge is 0.333 e. The first kappa shape index (κ1) is 15.7. The number of aliphatic hydroxyl groups is 1. The van der Waals surface area contributed by atoms with Crippen molar-refractivity contribution in [3.8, 4) is 0 Å². The van der Waals surface area contributed by atoms with Crippen LogP contribution in [-0.2, 0) is 9.53 Å². The van der Waals surface area contributed by atoms with Crippen molar-refractivity contribution in [1.82, 2.24) is 4.90 Å². The number of nitrogens with zero attached hydrogens (tertiary/aromatic N) is 1. The highest BCUT2D eigenvalue weighted by Gasteiger charge is 2.20. The molecule has 0 saturated carbocycles. The van der Waals surface area contributed by atoms with E-state index in [-0.39, 0.29) is 5.97 Å². The van der Waals surface area contributed by atoms with Gasteiger partial charge >= 0.3 is 5.97 Å². The third-order valence-electron chi connectivity index (χ3n) is 3.72. The van der Waals surface area contributed by atoms with Gasteiger partial charge in [0.2, 0.25) is 0 Å². The molecule has 2 rings (SSSR count). The van der Waals surface area contributed by atoms with Gasteiger partial charge in [-0.2, -0.15) is 0 Å². The third-order valence-corrected chi connectivity index (χ3v) is 3.72. The van der Waals surface area contributed by atoms with Crippen LogP contribution in [0.25, 0.3) is 0 Å². The largest absolute Gasteiger partial charge is 0.463 e. The number of aliphatic hydroxyl groups excluding tert-OH is 1. The van der Waals surface area contributed by atoms with Crippen molar-refractivity contribution < 1.29 is 14.6 Å². The second-order valence-electron chi connectivity index (χ2n) is 5.39. The minimum absolute atomic E-state index is 0.212. The van der Waals surface area contributed by atoms with Crippen LogP contribution in [0.3, 0.4) is 0 Å². The predicted octanol–water partition coefficient (Wildman–Crippen LogP) is 2.22. The van der Waals surface area contributed by atoms with Crippen molar-refractivity contribution >= 4 is 5.97 Å². The molecule has 21 heavy (non-hydrogen) atoms. The topological polar surface area (TPSA) is 49.8 Å². The van der Waals surface area contributed by atoms with Gasteiger partial charge in [-0.1, -0.05) is 35.9 Å². The lowest BCUT2D eigenvalue weighted by atomic mass is 10.0. The SMILES string of the molecule is CCOC(=O)C1=CCN(CC(O)c2ccc(C)cc2)CC1. The molecule has 0 spiro atoms. The minimum atomic E-state index is -0.497. The molecule has 1 atom stereocenters. The maximum absolute atomic E-state index is 11.6. The Morgan fingerprint density at radius 2 is 2.10 bits per heavy atom. The monoisotopic (exact) mass is 289 g/mol. The number of aryl methyl sites for hydroxylation is 1. The molecule has 0 radical (unpaired) electrons. The summed E-state index contributed by atoms with van der Waals surface area (Å²) in [6.45, 7) is 6.28. The first-order valence-corrected chi connectivity index (χ1v) is 7.43. The van der Waals surface area contributed by atoms with E-state index in [9.17, 15) is 9.90 Å². The Labute approximate surface area is 126 Å². The van der Waals surface area contributed by atoms with Gasteiger partial charge in [0.15, 0.2) is 0 Å². The van der Waals surface area contributed by atoms with Gasteiger partial charge in [0.25, 0.3) is 0 Å². The van der Waals surface area contributed by atoms with Crippen LogP contribution in [0.1, 0.15) is 30.6 Å². The molecule has 0 fully saturated rings. The van der Waals surface area contributed by atoms with E-state index in [4.69, 9.17) is 4.74 Å². The molecule has 0 aromatic heterocycles. The zero-order chi connectivity index (χ0) is 15.2. The highest BCUT2D eigenvalue weighted by Crippen LogP contribution is 2.18. The number of hydrogen-bond donors (Lipinski definition) is 1. The fourth-order valence-electron chi connectivity index (χ4n) is 2.42. The Hall–Kier alpha value is -1.65. The van der Waals surface area contributed by atoms with Crippen molar-refractivity contribution in [2.24, 2.45) is 0 Å². The Bertz CT molecular complexity index is 507. The van der Waals surface area contributed by atoms with Crippen molar-refractivity contribution in [3.05, 3.63) is 47.0 Å². The average molecular weight is 289 g/mol. The molecule has 0 saturated heterocycles. The molecule has 1 aliphatic heterocycles. The van der Waals surface area contributed by atoms with Crippen LogP contribution in [0, 0.1) is 6.92 Å². The van der Waals surface area contributed by atoms with Gasteiger partial charge in [-0.05, 0) is 25.8 Å². The van der Waals surface area contributed by atoms with Crippen LogP contribution in [-0.4, -0.2) is 42.2 Å². The Morgan fingerprint density at radius 3 is 2.67 bits per heavy atom. The van der Waals surface area contributed by atoms with Gasteiger partial charge in [0, 0.05) is 25.2 Å². The zero-order valence-corrected chi connectivity index (χ0v) is 12.7. The highest BCUT2D eigenvalue weighted by atomic mass is 16.5. The number of hydrogen-bond acceptors (Lipinski definition) is 4. The summed E-state index contributed by atoms with van der Waals surface area (Å²) in [5.74, 6) is -0.212. The molecule has 1 heterocycles. The number of esters is 1. The lowest BCUT2D eigenvalue weighted by molar-refractivity contribution is -0.138. The summed E-state index contributed by atoms with van der Waals surface area (Å²) < 4.78 is 5.00. The van der Waals surface area contributed by atoms with Gasteiger partial charge in [-0.25, -0.2) is 4.79 Å². The number of rotatable bonds is 5. The van der Waals surface area contributed by atoms with Crippen molar-refractivity contribution in [3.63, 3.8) is 0 Å². The van der Waals surface area contributed by atoms with Crippen LogP contribution in [0.2, 0.25) is 0 Å². The summed E-state index contributed by atoms with van der Waals surface area (Å²) in [6, 6.07) is 7.94. The molecule has 0 amide bonds. The first-order valence-electron chi connectivity index (χ1n) is 7.43. The molecule has 4 nitrogen and oxygen atoms in total. The number of ether oxygens (including phenoxy) is 1. The number of carbonyl (C=O) groups excluding carboxylic acids is 1. The Balaban J connectivity index is 1.88. The summed E-state index contributed by atoms with van der Waals surface area (Å²) in [4.78, 5) is 13.8. The maximum atomic E-state index is 11.6. The lowest BCUT2D eigenvalue weighted by Crippen LogP contribution is -2.34. The average Bonchev–Trinajstić information content (AvgIpc) is 2.49. The van der Waals surface area contributed by atoms with Crippen LogP contribution >= 0.6 is 0 Å². The number of carbonyl (C=O) groups is 1. The fourth-order valence-corrected chi connectivity index (χ4v) is 2.42. The maximum Gasteiger partial charge on any atom is 0.333 e. The third kappa shape index (κ3) is 4.41. The van der Waals surface area contributed by atoms with Crippen molar-refractivity contribution in [2.75, 3.05) is 26.2 Å². The van der Waals surface area contributed by atoms with E-state index in [1.807, 2.05) is 44.2 Å². The first-order chi connectivity index (χ1) is 10.1. The molecule has 0 aliphatic carbocycles. The summed E-state index contributed by atoms with van der Waals surface area (Å²) in [5, 5.41) is 10.3. The normalized spacial score (nSPS) is 17.2.